The second kappa shape index (κ2) is 10.9. The molecule has 0 bridgehead atoms. The number of nitrogens with one attached hydrogen (secondary N) is 1. The first-order valence-electron chi connectivity index (χ1n) is 12.6. The fraction of sp³-hybridized carbons (Fsp3) is 0.481. The second-order valence-corrected chi connectivity index (χ2v) is 9.98. The van der Waals surface area contributed by atoms with E-state index in [1.54, 1.807) is 0 Å². The molecule has 2 aliphatic heterocycles. The molecule has 2 aliphatic rings. The monoisotopic (exact) mass is 479 g/mol. The average molecular weight is 480 g/mol. The van der Waals surface area contributed by atoms with Crippen LogP contribution in [-0.2, 0) is 6.42 Å². The second-order valence-electron chi connectivity index (χ2n) is 9.54. The molecule has 1 N–H and O–H groups in total. The van der Waals surface area contributed by atoms with E-state index in [4.69, 9.17) is 16.6 Å². The van der Waals surface area contributed by atoms with Gasteiger partial charge < -0.3 is 10.2 Å². The molecule has 0 saturated carbocycles. The van der Waals surface area contributed by atoms with Gasteiger partial charge in [0.1, 0.15) is 11.3 Å². The highest BCUT2D eigenvalue weighted by atomic mass is 35.5. The number of fused-ring (bicyclic) bond motifs is 1. The molecule has 180 valence electrons. The van der Waals surface area contributed by atoms with Crippen molar-refractivity contribution in [2.45, 2.75) is 44.6 Å². The lowest BCUT2D eigenvalue weighted by Gasteiger charge is -2.35. The van der Waals surface area contributed by atoms with Gasteiger partial charge in [-0.1, -0.05) is 36.2 Å². The molecule has 2 aromatic heterocycles. The van der Waals surface area contributed by atoms with Crippen LogP contribution in [0, 0.1) is 0 Å². The predicted octanol–water partition coefficient (Wildman–Crippen LogP) is 4.58. The van der Waals surface area contributed by atoms with Gasteiger partial charge in [-0.2, -0.15) is 0 Å². The minimum absolute atomic E-state index is 0.0648. The van der Waals surface area contributed by atoms with Crippen LogP contribution in [0.1, 0.15) is 59.9 Å². The van der Waals surface area contributed by atoms with Crippen LogP contribution in [-0.4, -0.2) is 64.4 Å². The first kappa shape index (κ1) is 23.3. The number of nitrogens with zero attached hydrogens (tertiary/aromatic N) is 4. The van der Waals surface area contributed by atoms with Crippen molar-refractivity contribution in [2.24, 2.45) is 0 Å². The normalized spacial score (nSPS) is 18.4. The Morgan fingerprint density at radius 1 is 0.971 bits per heavy atom. The van der Waals surface area contributed by atoms with Crippen LogP contribution in [0.25, 0.3) is 5.65 Å². The van der Waals surface area contributed by atoms with E-state index >= 15 is 0 Å². The van der Waals surface area contributed by atoms with Gasteiger partial charge in [-0.15, -0.1) is 0 Å². The molecule has 6 nitrogen and oxygen atoms in total. The van der Waals surface area contributed by atoms with Crippen LogP contribution in [0.4, 0.5) is 0 Å². The summed E-state index contributed by atoms with van der Waals surface area (Å²) in [5.74, 6) is -0.0648. The maximum atomic E-state index is 13.3. The van der Waals surface area contributed by atoms with Gasteiger partial charge in [-0.05, 0) is 81.7 Å². The molecule has 4 heterocycles. The zero-order chi connectivity index (χ0) is 23.3. The first-order valence-corrected chi connectivity index (χ1v) is 13.0. The number of likely N-dealkylation sites (tertiary alicyclic amines) is 2. The lowest BCUT2D eigenvalue weighted by molar-refractivity contribution is 0.0918. The Kier molecular flexibility index (Phi) is 7.48. The Hall–Kier alpha value is -2.41. The number of halogens is 1. The molecular weight excluding hydrogens is 446 g/mol. The highest BCUT2D eigenvalue weighted by Gasteiger charge is 2.24. The zero-order valence-corrected chi connectivity index (χ0v) is 20.5. The Morgan fingerprint density at radius 2 is 1.71 bits per heavy atom. The summed E-state index contributed by atoms with van der Waals surface area (Å²) in [5, 5.41) is 3.95. The number of piperidine rings is 1. The summed E-state index contributed by atoms with van der Waals surface area (Å²) in [5.41, 5.74) is 3.69. The maximum Gasteiger partial charge on any atom is 0.268 e. The van der Waals surface area contributed by atoms with E-state index in [1.165, 1.54) is 50.8 Å². The van der Waals surface area contributed by atoms with Crippen molar-refractivity contribution in [2.75, 3.05) is 39.3 Å². The number of carbonyl (C=O) groups excluding carboxylic acids is 1. The molecule has 0 spiro atoms. The zero-order valence-electron chi connectivity index (χ0n) is 19.8. The van der Waals surface area contributed by atoms with Gasteiger partial charge in [-0.25, -0.2) is 4.98 Å². The summed E-state index contributed by atoms with van der Waals surface area (Å²) in [6.45, 7) is 6.08. The molecule has 2 saturated heterocycles. The van der Waals surface area contributed by atoms with Crippen LogP contribution in [0.5, 0.6) is 0 Å². The van der Waals surface area contributed by atoms with E-state index in [9.17, 15) is 4.79 Å². The predicted molar refractivity (Wildman–Crippen MR) is 137 cm³/mol. The molecule has 1 amide bonds. The van der Waals surface area contributed by atoms with Crippen molar-refractivity contribution in [1.29, 1.82) is 0 Å². The molecule has 34 heavy (non-hydrogen) atoms. The lowest BCUT2D eigenvalue weighted by atomic mass is 10.0. The topological polar surface area (TPSA) is 52.9 Å². The van der Waals surface area contributed by atoms with Gasteiger partial charge in [-0.3, -0.25) is 14.1 Å². The van der Waals surface area contributed by atoms with Gasteiger partial charge in [0.05, 0.1) is 11.7 Å². The average Bonchev–Trinajstić information content (AvgIpc) is 3.54. The fourth-order valence-corrected chi connectivity index (χ4v) is 5.42. The van der Waals surface area contributed by atoms with Crippen LogP contribution in [0.3, 0.4) is 0 Å². The van der Waals surface area contributed by atoms with Crippen molar-refractivity contribution in [3.05, 3.63) is 70.6 Å². The molecule has 3 aromatic rings. The summed E-state index contributed by atoms with van der Waals surface area (Å²) in [6.07, 6.45) is 9.21. The van der Waals surface area contributed by atoms with Gasteiger partial charge in [0, 0.05) is 30.7 Å². The number of rotatable bonds is 8. The quantitative estimate of drug-likeness (QED) is 0.513. The highest BCUT2D eigenvalue weighted by molar-refractivity contribution is 6.30. The van der Waals surface area contributed by atoms with Crippen LogP contribution < -0.4 is 5.32 Å². The number of carbonyl (C=O) groups is 1. The van der Waals surface area contributed by atoms with Crippen LogP contribution >= 0.6 is 11.6 Å². The number of amides is 1. The molecule has 7 heteroatoms. The number of pyridine rings is 1. The Bertz CT molecular complexity index is 1100. The number of imidazole rings is 1. The standard InChI is InChI=1S/C27H34ClN5O/c28-22-11-9-21(10-12-22)25(32-16-2-1-3-17-32)19-29-27(34)24-7-6-8-26-30-23(20-33(24)26)13-18-31-14-4-5-15-31/h6-12,20,25H,1-5,13-19H2,(H,29,34). The molecule has 1 atom stereocenters. The number of hydrogen-bond acceptors (Lipinski definition) is 4. The van der Waals surface area contributed by atoms with E-state index in [-0.39, 0.29) is 11.9 Å². The van der Waals surface area contributed by atoms with E-state index in [2.05, 4.69) is 27.2 Å². The van der Waals surface area contributed by atoms with E-state index in [0.29, 0.717) is 12.2 Å². The SMILES string of the molecule is O=C(NCC(c1ccc(Cl)cc1)N1CCCCC1)c1cccc2nc(CCN3CCCC3)cn12. The third-order valence-corrected chi connectivity index (χ3v) is 7.45. The van der Waals surface area contributed by atoms with Crippen molar-refractivity contribution in [3.63, 3.8) is 0 Å². The van der Waals surface area contributed by atoms with E-state index in [1.807, 2.05) is 40.9 Å². The van der Waals surface area contributed by atoms with E-state index < -0.39 is 0 Å². The van der Waals surface area contributed by atoms with Crippen molar-refractivity contribution >= 4 is 23.2 Å². The third-order valence-electron chi connectivity index (χ3n) is 7.20. The Labute approximate surface area is 206 Å². The van der Waals surface area contributed by atoms with Gasteiger partial charge in [0.15, 0.2) is 0 Å². The van der Waals surface area contributed by atoms with Gasteiger partial charge in [0.2, 0.25) is 0 Å². The number of hydrogen-bond donors (Lipinski definition) is 1. The highest BCUT2D eigenvalue weighted by Crippen LogP contribution is 2.25. The summed E-state index contributed by atoms with van der Waals surface area (Å²) >= 11 is 6.13. The molecule has 5 rings (SSSR count). The molecule has 2 fully saturated rings. The van der Waals surface area contributed by atoms with Crippen molar-refractivity contribution in [3.8, 4) is 0 Å². The summed E-state index contributed by atoms with van der Waals surface area (Å²) in [7, 11) is 0. The van der Waals surface area contributed by atoms with Gasteiger partial charge >= 0.3 is 0 Å². The fourth-order valence-electron chi connectivity index (χ4n) is 5.30. The number of benzene rings is 1. The molecule has 0 aliphatic carbocycles. The van der Waals surface area contributed by atoms with Crippen molar-refractivity contribution in [1.82, 2.24) is 24.5 Å². The summed E-state index contributed by atoms with van der Waals surface area (Å²) in [6, 6.07) is 13.9. The first-order chi connectivity index (χ1) is 16.7. The minimum Gasteiger partial charge on any atom is -0.349 e. The molecule has 1 unspecified atom stereocenters. The molecule has 0 radical (unpaired) electrons. The Balaban J connectivity index is 1.29. The molecule has 1 aromatic carbocycles. The smallest absolute Gasteiger partial charge is 0.268 e. The van der Waals surface area contributed by atoms with E-state index in [0.717, 1.165) is 42.4 Å². The summed E-state index contributed by atoms with van der Waals surface area (Å²) < 4.78 is 1.94. The Morgan fingerprint density at radius 3 is 2.47 bits per heavy atom. The van der Waals surface area contributed by atoms with Gasteiger partial charge in [0.25, 0.3) is 5.91 Å². The minimum atomic E-state index is -0.0648. The maximum absolute atomic E-state index is 13.3. The lowest BCUT2D eigenvalue weighted by Crippen LogP contribution is -2.41. The van der Waals surface area contributed by atoms with Crippen LogP contribution in [0.2, 0.25) is 5.02 Å². The third kappa shape index (κ3) is 5.45. The summed E-state index contributed by atoms with van der Waals surface area (Å²) in [4.78, 5) is 23.1. The van der Waals surface area contributed by atoms with Crippen molar-refractivity contribution < 1.29 is 4.79 Å². The number of aromatic nitrogens is 2. The largest absolute Gasteiger partial charge is 0.349 e. The molecular formula is C27H34ClN5O. The van der Waals surface area contributed by atoms with Crippen LogP contribution in [0.15, 0.2) is 48.7 Å².